The molecule has 0 spiro atoms. The maximum Gasteiger partial charge on any atom is 0.263 e. The third-order valence-electron chi connectivity index (χ3n) is 3.38. The number of anilines is 2. The summed E-state index contributed by atoms with van der Waals surface area (Å²) in [7, 11) is 0. The zero-order valence-corrected chi connectivity index (χ0v) is 15.9. The molecule has 0 saturated heterocycles. The molecule has 0 atom stereocenters. The lowest BCUT2D eigenvalue weighted by Crippen LogP contribution is -2.22. The Bertz CT molecular complexity index is 1060. The van der Waals surface area contributed by atoms with Gasteiger partial charge in [-0.3, -0.25) is 19.7 Å². The standard InChI is InChI=1S/C17H12Cl2N4O3S/c18-12-4-3-9(6-13(12)19)21-14(24)7-10-8-27-17(22-10)23-16(26)11-2-1-5-20-15(11)25/h1-6,8H,7H2,(H,20,25)(H,21,24)(H,22,23,26). The van der Waals surface area contributed by atoms with Gasteiger partial charge in [0.05, 0.1) is 22.2 Å². The van der Waals surface area contributed by atoms with E-state index in [4.69, 9.17) is 23.2 Å². The molecule has 0 saturated carbocycles. The van der Waals surface area contributed by atoms with Crippen molar-refractivity contribution in [1.29, 1.82) is 0 Å². The molecule has 0 bridgehead atoms. The highest BCUT2D eigenvalue weighted by Gasteiger charge is 2.13. The Morgan fingerprint density at radius 1 is 1.15 bits per heavy atom. The van der Waals surface area contributed by atoms with E-state index in [1.807, 2.05) is 0 Å². The van der Waals surface area contributed by atoms with E-state index in [0.717, 1.165) is 11.3 Å². The van der Waals surface area contributed by atoms with Crippen LogP contribution in [-0.2, 0) is 11.2 Å². The Kier molecular flexibility index (Phi) is 5.90. The van der Waals surface area contributed by atoms with Gasteiger partial charge in [0, 0.05) is 17.3 Å². The van der Waals surface area contributed by atoms with E-state index >= 15 is 0 Å². The summed E-state index contributed by atoms with van der Waals surface area (Å²) in [5, 5.41) is 7.91. The largest absolute Gasteiger partial charge is 0.328 e. The van der Waals surface area contributed by atoms with Crippen LogP contribution in [-0.4, -0.2) is 21.8 Å². The van der Waals surface area contributed by atoms with Crippen molar-refractivity contribution >= 4 is 57.2 Å². The zero-order valence-electron chi connectivity index (χ0n) is 13.6. The number of carbonyl (C=O) groups is 2. The number of hydrogen-bond donors (Lipinski definition) is 3. The second-order valence-electron chi connectivity index (χ2n) is 5.36. The van der Waals surface area contributed by atoms with Crippen molar-refractivity contribution in [2.24, 2.45) is 0 Å². The van der Waals surface area contributed by atoms with Crippen LogP contribution < -0.4 is 16.2 Å². The van der Waals surface area contributed by atoms with Crippen molar-refractivity contribution in [3.63, 3.8) is 0 Å². The summed E-state index contributed by atoms with van der Waals surface area (Å²) in [5.74, 6) is -0.867. The first-order chi connectivity index (χ1) is 12.9. The molecule has 0 radical (unpaired) electrons. The van der Waals surface area contributed by atoms with E-state index in [1.165, 1.54) is 12.3 Å². The number of nitrogens with one attached hydrogen (secondary N) is 3. The number of H-pyrrole nitrogens is 1. The molecule has 0 aliphatic heterocycles. The molecule has 2 amide bonds. The van der Waals surface area contributed by atoms with Crippen LogP contribution in [0.1, 0.15) is 16.1 Å². The fraction of sp³-hybridized carbons (Fsp3) is 0.0588. The number of halogens is 2. The molecular weight excluding hydrogens is 411 g/mol. The van der Waals surface area contributed by atoms with E-state index in [1.54, 1.807) is 29.6 Å². The zero-order chi connectivity index (χ0) is 19.4. The third kappa shape index (κ3) is 4.94. The Labute approximate surface area is 167 Å². The molecule has 27 heavy (non-hydrogen) atoms. The van der Waals surface area contributed by atoms with Crippen LogP contribution in [0.3, 0.4) is 0 Å². The van der Waals surface area contributed by atoms with Crippen molar-refractivity contribution in [3.05, 3.63) is 73.6 Å². The predicted octanol–water partition coefficient (Wildman–Crippen LogP) is 3.57. The number of rotatable bonds is 5. The summed E-state index contributed by atoms with van der Waals surface area (Å²) in [6.07, 6.45) is 1.45. The second-order valence-corrected chi connectivity index (χ2v) is 7.04. The summed E-state index contributed by atoms with van der Waals surface area (Å²) in [6.45, 7) is 0. The average molecular weight is 423 g/mol. The number of benzene rings is 1. The highest BCUT2D eigenvalue weighted by atomic mass is 35.5. The Balaban J connectivity index is 1.61. The minimum Gasteiger partial charge on any atom is -0.328 e. The molecule has 3 aromatic rings. The van der Waals surface area contributed by atoms with Crippen LogP contribution in [0.25, 0.3) is 0 Å². The summed E-state index contributed by atoms with van der Waals surface area (Å²) in [6, 6.07) is 7.73. The number of aromatic nitrogens is 2. The van der Waals surface area contributed by atoms with Crippen molar-refractivity contribution in [2.75, 3.05) is 10.6 Å². The summed E-state index contributed by atoms with van der Waals surface area (Å²) in [4.78, 5) is 42.4. The van der Waals surface area contributed by atoms with Crippen molar-refractivity contribution < 1.29 is 9.59 Å². The third-order valence-corrected chi connectivity index (χ3v) is 4.93. The number of nitrogens with zero attached hydrogens (tertiary/aromatic N) is 1. The molecule has 2 aromatic heterocycles. The smallest absolute Gasteiger partial charge is 0.263 e. The summed E-state index contributed by atoms with van der Waals surface area (Å²) < 4.78 is 0. The average Bonchev–Trinajstić information content (AvgIpc) is 3.05. The highest BCUT2D eigenvalue weighted by Crippen LogP contribution is 2.25. The van der Waals surface area contributed by atoms with Gasteiger partial charge < -0.3 is 10.3 Å². The van der Waals surface area contributed by atoms with Crippen LogP contribution in [0.2, 0.25) is 10.0 Å². The molecule has 2 heterocycles. The van der Waals surface area contributed by atoms with Gasteiger partial charge in [0.1, 0.15) is 5.56 Å². The molecule has 3 N–H and O–H groups in total. The van der Waals surface area contributed by atoms with Gasteiger partial charge in [-0.25, -0.2) is 4.98 Å². The topological polar surface area (TPSA) is 104 Å². The van der Waals surface area contributed by atoms with E-state index in [-0.39, 0.29) is 17.9 Å². The van der Waals surface area contributed by atoms with Gasteiger partial charge in [-0.2, -0.15) is 0 Å². The maximum atomic E-state index is 12.1. The summed E-state index contributed by atoms with van der Waals surface area (Å²) in [5.41, 5.74) is 0.482. The van der Waals surface area contributed by atoms with E-state index in [9.17, 15) is 14.4 Å². The number of thiazole rings is 1. The first-order valence-electron chi connectivity index (χ1n) is 7.61. The van der Waals surface area contributed by atoms with Gasteiger partial charge in [0.15, 0.2) is 5.13 Å². The first-order valence-corrected chi connectivity index (χ1v) is 9.24. The molecular formula is C17H12Cl2N4O3S. The van der Waals surface area contributed by atoms with Gasteiger partial charge in [-0.15, -0.1) is 11.3 Å². The fourth-order valence-electron chi connectivity index (χ4n) is 2.15. The molecule has 1 aromatic carbocycles. The highest BCUT2D eigenvalue weighted by molar-refractivity contribution is 7.14. The Morgan fingerprint density at radius 2 is 1.96 bits per heavy atom. The van der Waals surface area contributed by atoms with E-state index < -0.39 is 11.5 Å². The molecule has 3 rings (SSSR count). The number of pyridine rings is 1. The number of hydrogen-bond acceptors (Lipinski definition) is 5. The fourth-order valence-corrected chi connectivity index (χ4v) is 3.16. The quantitative estimate of drug-likeness (QED) is 0.584. The molecule has 0 fully saturated rings. The SMILES string of the molecule is O=C(Cc1csc(NC(=O)c2ccc[nH]c2=O)n1)Nc1ccc(Cl)c(Cl)c1. The van der Waals surface area contributed by atoms with Gasteiger partial charge in [-0.05, 0) is 30.3 Å². The lowest BCUT2D eigenvalue weighted by Gasteiger charge is -2.05. The van der Waals surface area contributed by atoms with E-state index in [0.29, 0.717) is 26.6 Å². The minimum atomic E-state index is -0.571. The van der Waals surface area contributed by atoms with Crippen molar-refractivity contribution in [2.45, 2.75) is 6.42 Å². The molecule has 0 aliphatic rings. The normalized spacial score (nSPS) is 10.4. The Morgan fingerprint density at radius 3 is 2.70 bits per heavy atom. The molecule has 138 valence electrons. The van der Waals surface area contributed by atoms with Gasteiger partial charge >= 0.3 is 0 Å². The van der Waals surface area contributed by atoms with Crippen LogP contribution >= 0.6 is 34.5 Å². The molecule has 0 aliphatic carbocycles. The number of aromatic amines is 1. The van der Waals surface area contributed by atoms with Crippen molar-refractivity contribution in [3.8, 4) is 0 Å². The maximum absolute atomic E-state index is 12.1. The lowest BCUT2D eigenvalue weighted by atomic mass is 10.2. The molecule has 10 heteroatoms. The number of carbonyl (C=O) groups excluding carboxylic acids is 2. The van der Waals surface area contributed by atoms with Crippen LogP contribution in [0.4, 0.5) is 10.8 Å². The second kappa shape index (κ2) is 8.34. The van der Waals surface area contributed by atoms with Gasteiger partial charge in [0.2, 0.25) is 5.91 Å². The van der Waals surface area contributed by atoms with Crippen LogP contribution in [0.5, 0.6) is 0 Å². The first kappa shape index (κ1) is 19.1. The van der Waals surface area contributed by atoms with Crippen LogP contribution in [0, 0.1) is 0 Å². The molecule has 0 unspecified atom stereocenters. The van der Waals surface area contributed by atoms with E-state index in [2.05, 4.69) is 20.6 Å². The van der Waals surface area contributed by atoms with Crippen LogP contribution in [0.15, 0.2) is 46.7 Å². The molecule has 7 nitrogen and oxygen atoms in total. The lowest BCUT2D eigenvalue weighted by molar-refractivity contribution is -0.115. The monoisotopic (exact) mass is 422 g/mol. The Hall–Kier alpha value is -2.68. The van der Waals surface area contributed by atoms with Gasteiger partial charge in [-0.1, -0.05) is 23.2 Å². The minimum absolute atomic E-state index is 0.0124. The van der Waals surface area contributed by atoms with Crippen molar-refractivity contribution in [1.82, 2.24) is 9.97 Å². The van der Waals surface area contributed by atoms with Gasteiger partial charge in [0.25, 0.3) is 11.5 Å². The summed E-state index contributed by atoms with van der Waals surface area (Å²) >= 11 is 12.9. The predicted molar refractivity (Wildman–Crippen MR) is 106 cm³/mol. The number of amides is 2.